The molecule has 0 aliphatic rings. The lowest BCUT2D eigenvalue weighted by Crippen LogP contribution is -2.15. The molecule has 0 aromatic heterocycles. The van der Waals surface area contributed by atoms with Crippen molar-refractivity contribution in [3.63, 3.8) is 0 Å². The summed E-state index contributed by atoms with van der Waals surface area (Å²) in [6, 6.07) is 0. The van der Waals surface area contributed by atoms with Gasteiger partial charge in [0.15, 0.2) is 0 Å². The fraction of sp³-hybridized carbons (Fsp3) is 0.889. The summed E-state index contributed by atoms with van der Waals surface area (Å²) >= 11 is 0. The third-order valence-corrected chi connectivity index (χ3v) is 1.87. The van der Waals surface area contributed by atoms with Crippen molar-refractivity contribution in [2.75, 3.05) is 6.61 Å². The number of rotatable bonds is 8. The van der Waals surface area contributed by atoms with E-state index in [1.54, 1.807) is 0 Å². The first kappa shape index (κ1) is 17.1. The minimum Gasteiger partial charge on any atom is -0.466 e. The van der Waals surface area contributed by atoms with Crippen LogP contribution in [-0.4, -0.2) is 29.7 Å². The molecule has 0 fully saturated rings. The molecule has 0 saturated carbocycles. The lowest BCUT2D eigenvalue weighted by Gasteiger charge is -2.03. The molecule has 0 saturated heterocycles. The quantitative estimate of drug-likeness (QED) is 0.381. The molecule has 0 radical (unpaired) electrons. The Balaban J connectivity index is 0. The van der Waals surface area contributed by atoms with Gasteiger partial charge in [0, 0.05) is 12.7 Å². The number of esters is 1. The van der Waals surface area contributed by atoms with Gasteiger partial charge in [-0.2, -0.15) is 0 Å². The smallest absolute Gasteiger partial charge is 0.454 e. The molecule has 6 heteroatoms. The fourth-order valence-corrected chi connectivity index (χ4v) is 1.05. The van der Waals surface area contributed by atoms with Crippen molar-refractivity contribution in [3.05, 3.63) is 0 Å². The SMILES string of the molecule is CCCCCCC(=O)OCCB(O)O.Cl. The topological polar surface area (TPSA) is 66.8 Å². The Morgan fingerprint density at radius 2 is 1.93 bits per heavy atom. The molecular formula is C9H20BClO4. The van der Waals surface area contributed by atoms with Crippen LogP contribution in [0.15, 0.2) is 0 Å². The van der Waals surface area contributed by atoms with E-state index in [-0.39, 0.29) is 31.3 Å². The number of hydrogen-bond acceptors (Lipinski definition) is 4. The van der Waals surface area contributed by atoms with Crippen LogP contribution in [0.2, 0.25) is 6.32 Å². The molecule has 0 aliphatic heterocycles. The van der Waals surface area contributed by atoms with Gasteiger partial charge in [0.1, 0.15) is 0 Å². The normalized spacial score (nSPS) is 9.27. The highest BCUT2D eigenvalue weighted by atomic mass is 35.5. The molecule has 0 unspecified atom stereocenters. The van der Waals surface area contributed by atoms with E-state index in [2.05, 4.69) is 6.92 Å². The largest absolute Gasteiger partial charge is 0.466 e. The Kier molecular flexibility index (Phi) is 13.5. The summed E-state index contributed by atoms with van der Waals surface area (Å²) in [4.78, 5) is 11.0. The molecule has 0 amide bonds. The minimum atomic E-state index is -1.39. The summed E-state index contributed by atoms with van der Waals surface area (Å²) in [7, 11) is -1.39. The Labute approximate surface area is 97.6 Å². The average molecular weight is 239 g/mol. The van der Waals surface area contributed by atoms with Gasteiger partial charge < -0.3 is 14.8 Å². The van der Waals surface area contributed by atoms with E-state index >= 15 is 0 Å². The zero-order valence-electron chi connectivity index (χ0n) is 9.15. The Hall–Kier alpha value is -0.255. The summed E-state index contributed by atoms with van der Waals surface area (Å²) in [5.41, 5.74) is 0. The summed E-state index contributed by atoms with van der Waals surface area (Å²) in [5.74, 6) is -0.248. The number of ether oxygens (including phenoxy) is 1. The Morgan fingerprint density at radius 3 is 2.47 bits per heavy atom. The fourth-order valence-electron chi connectivity index (χ4n) is 1.05. The maximum atomic E-state index is 11.0. The Bertz CT molecular complexity index is 155. The van der Waals surface area contributed by atoms with Crippen LogP contribution >= 0.6 is 12.4 Å². The van der Waals surface area contributed by atoms with Gasteiger partial charge in [0.2, 0.25) is 0 Å². The van der Waals surface area contributed by atoms with Crippen LogP contribution in [0.4, 0.5) is 0 Å². The van der Waals surface area contributed by atoms with Crippen LogP contribution in [0.25, 0.3) is 0 Å². The van der Waals surface area contributed by atoms with Gasteiger partial charge in [-0.3, -0.25) is 4.79 Å². The molecule has 0 aromatic rings. The van der Waals surface area contributed by atoms with Crippen molar-refractivity contribution in [1.82, 2.24) is 0 Å². The lowest BCUT2D eigenvalue weighted by molar-refractivity contribution is -0.143. The van der Waals surface area contributed by atoms with E-state index in [0.717, 1.165) is 25.7 Å². The van der Waals surface area contributed by atoms with Crippen molar-refractivity contribution in [2.45, 2.75) is 45.3 Å². The standard InChI is InChI=1S/C9H19BO4.ClH/c1-2-3-4-5-6-9(11)14-8-7-10(12)13;/h12-13H,2-8H2,1H3;1H. The van der Waals surface area contributed by atoms with E-state index < -0.39 is 7.12 Å². The van der Waals surface area contributed by atoms with Crippen molar-refractivity contribution < 1.29 is 19.6 Å². The summed E-state index contributed by atoms with van der Waals surface area (Å²) in [6.45, 7) is 2.20. The number of unbranched alkanes of at least 4 members (excludes halogenated alkanes) is 3. The summed E-state index contributed by atoms with van der Waals surface area (Å²) in [5, 5.41) is 17.0. The molecule has 0 heterocycles. The van der Waals surface area contributed by atoms with Crippen LogP contribution in [0.3, 0.4) is 0 Å². The highest BCUT2D eigenvalue weighted by Gasteiger charge is 2.08. The van der Waals surface area contributed by atoms with Gasteiger partial charge >= 0.3 is 13.1 Å². The number of hydrogen-bond donors (Lipinski definition) is 2. The first-order valence-corrected chi connectivity index (χ1v) is 5.18. The first-order chi connectivity index (χ1) is 6.66. The van der Waals surface area contributed by atoms with Gasteiger partial charge in [-0.15, -0.1) is 12.4 Å². The molecule has 0 rings (SSSR count). The average Bonchev–Trinajstić information content (AvgIpc) is 2.12. The maximum absolute atomic E-state index is 11.0. The van der Waals surface area contributed by atoms with Gasteiger partial charge in [-0.25, -0.2) is 0 Å². The second-order valence-electron chi connectivity index (χ2n) is 3.30. The molecule has 0 aliphatic carbocycles. The van der Waals surface area contributed by atoms with Crippen LogP contribution < -0.4 is 0 Å². The van der Waals surface area contributed by atoms with Crippen LogP contribution in [-0.2, 0) is 9.53 Å². The predicted molar refractivity (Wildman–Crippen MR) is 62.0 cm³/mol. The molecule has 4 nitrogen and oxygen atoms in total. The predicted octanol–water partition coefficient (Wildman–Crippen LogP) is 1.39. The third kappa shape index (κ3) is 13.7. The molecule has 15 heavy (non-hydrogen) atoms. The second-order valence-corrected chi connectivity index (χ2v) is 3.30. The van der Waals surface area contributed by atoms with Gasteiger partial charge in [0.25, 0.3) is 0 Å². The third-order valence-electron chi connectivity index (χ3n) is 1.87. The van der Waals surface area contributed by atoms with Crippen molar-refractivity contribution in [1.29, 1.82) is 0 Å². The monoisotopic (exact) mass is 238 g/mol. The zero-order valence-corrected chi connectivity index (χ0v) is 9.96. The van der Waals surface area contributed by atoms with E-state index in [0.29, 0.717) is 6.42 Å². The van der Waals surface area contributed by atoms with E-state index in [4.69, 9.17) is 14.8 Å². The molecule has 0 aromatic carbocycles. The van der Waals surface area contributed by atoms with Gasteiger partial charge in [-0.05, 0) is 6.42 Å². The highest BCUT2D eigenvalue weighted by Crippen LogP contribution is 2.03. The molecule has 0 bridgehead atoms. The number of halogens is 1. The molecule has 2 N–H and O–H groups in total. The summed E-state index contributed by atoms with van der Waals surface area (Å²) in [6.07, 6.45) is 4.71. The first-order valence-electron chi connectivity index (χ1n) is 5.18. The number of carbonyl (C=O) groups excluding carboxylic acids is 1. The summed E-state index contributed by atoms with van der Waals surface area (Å²) < 4.78 is 4.77. The second kappa shape index (κ2) is 11.8. The Morgan fingerprint density at radius 1 is 1.27 bits per heavy atom. The lowest BCUT2D eigenvalue weighted by atomic mass is 9.87. The van der Waals surface area contributed by atoms with Crippen molar-refractivity contribution in [3.8, 4) is 0 Å². The number of carbonyl (C=O) groups is 1. The van der Waals surface area contributed by atoms with Crippen molar-refractivity contribution >= 4 is 25.5 Å². The molecule has 0 atom stereocenters. The van der Waals surface area contributed by atoms with E-state index in [9.17, 15) is 4.79 Å². The van der Waals surface area contributed by atoms with E-state index in [1.165, 1.54) is 0 Å². The molecular weight excluding hydrogens is 218 g/mol. The molecule has 90 valence electrons. The maximum Gasteiger partial charge on any atom is 0.454 e. The van der Waals surface area contributed by atoms with Crippen LogP contribution in [0, 0.1) is 0 Å². The van der Waals surface area contributed by atoms with Crippen LogP contribution in [0.5, 0.6) is 0 Å². The van der Waals surface area contributed by atoms with Crippen LogP contribution in [0.1, 0.15) is 39.0 Å². The van der Waals surface area contributed by atoms with Crippen molar-refractivity contribution in [2.24, 2.45) is 0 Å². The van der Waals surface area contributed by atoms with Gasteiger partial charge in [0.05, 0.1) is 6.61 Å². The van der Waals surface area contributed by atoms with Gasteiger partial charge in [-0.1, -0.05) is 26.2 Å². The van der Waals surface area contributed by atoms with E-state index in [1.807, 2.05) is 0 Å². The minimum absolute atomic E-state index is 0. The molecule has 0 spiro atoms. The highest BCUT2D eigenvalue weighted by molar-refractivity contribution is 6.41. The zero-order chi connectivity index (χ0) is 10.8.